The molecular weight excluding hydrogens is 370 g/mol. The number of piperidine rings is 1. The monoisotopic (exact) mass is 401 g/mol. The number of hydrogen-bond acceptors (Lipinski definition) is 5. The second-order valence-electron chi connectivity index (χ2n) is 8.52. The van der Waals surface area contributed by atoms with Crippen LogP contribution in [0.1, 0.15) is 37.8 Å². The lowest BCUT2D eigenvalue weighted by Crippen LogP contribution is -2.52. The van der Waals surface area contributed by atoms with Crippen LogP contribution >= 0.6 is 0 Å². The van der Waals surface area contributed by atoms with Gasteiger partial charge in [0, 0.05) is 37.0 Å². The minimum Gasteiger partial charge on any atom is -0.381 e. The van der Waals surface area contributed by atoms with Crippen molar-refractivity contribution in [2.24, 2.45) is 11.3 Å². The molecule has 4 heterocycles. The Kier molecular flexibility index (Phi) is 6.30. The Labute approximate surface area is 171 Å². The molecule has 3 N–H and O–H groups in total. The number of allylic oxidation sites excluding steroid dienone is 2. The molecule has 4 rings (SSSR count). The second-order valence-corrected chi connectivity index (χ2v) is 8.52. The van der Waals surface area contributed by atoms with Gasteiger partial charge < -0.3 is 20.4 Å². The maximum atomic E-state index is 13.1. The fourth-order valence-corrected chi connectivity index (χ4v) is 4.68. The number of likely N-dealkylation sites (tertiary alicyclic amines) is 1. The van der Waals surface area contributed by atoms with Crippen LogP contribution in [0.3, 0.4) is 0 Å². The Morgan fingerprint density at radius 3 is 2.90 bits per heavy atom. The molecule has 158 valence electrons. The number of aromatic nitrogens is 2. The van der Waals surface area contributed by atoms with Gasteiger partial charge in [-0.3, -0.25) is 14.5 Å². The largest absolute Gasteiger partial charge is 0.381 e. The van der Waals surface area contributed by atoms with Gasteiger partial charge in [0.25, 0.3) is 0 Å². The van der Waals surface area contributed by atoms with Crippen LogP contribution in [0.15, 0.2) is 24.7 Å². The number of nitrogens with one attached hydrogen (secondary N) is 3. The van der Waals surface area contributed by atoms with E-state index in [1.807, 2.05) is 6.20 Å². The maximum absolute atomic E-state index is 13.1. The first-order chi connectivity index (χ1) is 14.1. The van der Waals surface area contributed by atoms with Gasteiger partial charge >= 0.3 is 0 Å². The number of aromatic amines is 1. The van der Waals surface area contributed by atoms with Crippen LogP contribution < -0.4 is 10.6 Å². The molecule has 0 aromatic carbocycles. The summed E-state index contributed by atoms with van der Waals surface area (Å²) in [4.78, 5) is 35.0. The molecule has 8 nitrogen and oxygen atoms in total. The van der Waals surface area contributed by atoms with E-state index in [9.17, 15) is 9.59 Å². The van der Waals surface area contributed by atoms with Crippen molar-refractivity contribution < 1.29 is 14.3 Å². The number of ether oxygens (including phenoxy) is 1. The predicted octanol–water partition coefficient (Wildman–Crippen LogP) is 0.979. The normalized spacial score (nSPS) is 29.8. The van der Waals surface area contributed by atoms with Crippen LogP contribution in [-0.4, -0.2) is 65.6 Å². The first kappa shape index (κ1) is 20.1. The summed E-state index contributed by atoms with van der Waals surface area (Å²) in [7, 11) is 0. The van der Waals surface area contributed by atoms with E-state index in [0.717, 1.165) is 57.4 Å². The zero-order valence-corrected chi connectivity index (χ0v) is 16.9. The van der Waals surface area contributed by atoms with E-state index in [4.69, 9.17) is 4.74 Å². The van der Waals surface area contributed by atoms with Crippen LogP contribution in [-0.2, 0) is 20.9 Å². The number of amides is 2. The lowest BCUT2D eigenvalue weighted by atomic mass is 9.74. The van der Waals surface area contributed by atoms with Crippen molar-refractivity contribution in [1.29, 1.82) is 0 Å². The lowest BCUT2D eigenvalue weighted by molar-refractivity contribution is -0.136. The van der Waals surface area contributed by atoms with Gasteiger partial charge in [-0.1, -0.05) is 12.2 Å². The van der Waals surface area contributed by atoms with Gasteiger partial charge in [0.15, 0.2) is 0 Å². The van der Waals surface area contributed by atoms with Crippen LogP contribution in [0.5, 0.6) is 0 Å². The molecule has 3 aliphatic heterocycles. The minimum atomic E-state index is -0.442. The van der Waals surface area contributed by atoms with Crippen molar-refractivity contribution in [1.82, 2.24) is 25.5 Å². The lowest BCUT2D eigenvalue weighted by Gasteiger charge is -2.40. The first-order valence-corrected chi connectivity index (χ1v) is 10.6. The van der Waals surface area contributed by atoms with Gasteiger partial charge in [-0.25, -0.2) is 4.98 Å². The molecule has 0 aliphatic carbocycles. The predicted molar refractivity (Wildman–Crippen MR) is 108 cm³/mol. The van der Waals surface area contributed by atoms with Crippen LogP contribution in [0.4, 0.5) is 0 Å². The highest BCUT2D eigenvalue weighted by Crippen LogP contribution is 2.36. The molecule has 1 spiro atoms. The van der Waals surface area contributed by atoms with E-state index in [2.05, 4.69) is 37.7 Å². The fraction of sp³-hybridized carbons (Fsp3) is 0.667. The van der Waals surface area contributed by atoms with E-state index >= 15 is 0 Å². The van der Waals surface area contributed by atoms with Crippen molar-refractivity contribution >= 4 is 11.8 Å². The number of hydrogen-bond donors (Lipinski definition) is 3. The summed E-state index contributed by atoms with van der Waals surface area (Å²) in [5.41, 5.74) is 0.646. The molecule has 2 fully saturated rings. The molecule has 1 aromatic heterocycles. The van der Waals surface area contributed by atoms with Gasteiger partial charge in [0.05, 0.1) is 24.9 Å². The first-order valence-electron chi connectivity index (χ1n) is 10.6. The number of H-pyrrole nitrogens is 1. The Balaban J connectivity index is 1.42. The van der Waals surface area contributed by atoms with Crippen LogP contribution in [0.25, 0.3) is 0 Å². The fourth-order valence-electron chi connectivity index (χ4n) is 4.68. The van der Waals surface area contributed by atoms with E-state index in [1.54, 1.807) is 6.33 Å². The van der Waals surface area contributed by atoms with Gasteiger partial charge in [-0.2, -0.15) is 0 Å². The summed E-state index contributed by atoms with van der Waals surface area (Å²) < 4.78 is 5.61. The molecule has 2 saturated heterocycles. The van der Waals surface area contributed by atoms with Crippen LogP contribution in [0.2, 0.25) is 0 Å². The highest BCUT2D eigenvalue weighted by atomic mass is 16.5. The smallest absolute Gasteiger partial charge is 0.239 e. The third-order valence-electron chi connectivity index (χ3n) is 6.59. The van der Waals surface area contributed by atoms with Crippen molar-refractivity contribution in [3.8, 4) is 0 Å². The number of carbonyl (C=O) groups excluding carboxylic acids is 2. The molecule has 0 bridgehead atoms. The summed E-state index contributed by atoms with van der Waals surface area (Å²) in [6, 6.07) is 0.122. The summed E-state index contributed by atoms with van der Waals surface area (Å²) in [5, 5.41) is 6.01. The molecule has 1 aromatic rings. The molecule has 0 unspecified atom stereocenters. The Morgan fingerprint density at radius 2 is 2.10 bits per heavy atom. The highest BCUT2D eigenvalue weighted by Gasteiger charge is 2.40. The maximum Gasteiger partial charge on any atom is 0.239 e. The van der Waals surface area contributed by atoms with Crippen molar-refractivity contribution in [2.45, 2.75) is 44.7 Å². The van der Waals surface area contributed by atoms with Crippen molar-refractivity contribution in [2.75, 3.05) is 32.8 Å². The SMILES string of the molecule is O=C1CNC(=O)C2(C/C=C/C[C@H]3COCC[C@@H]3N1)CCN(Cc1cnc[nH]1)CC2. The van der Waals surface area contributed by atoms with E-state index in [1.165, 1.54) is 0 Å². The quantitative estimate of drug-likeness (QED) is 0.642. The number of nitrogens with zero attached hydrogens (tertiary/aromatic N) is 2. The summed E-state index contributed by atoms with van der Waals surface area (Å²) in [5.74, 6) is 0.195. The van der Waals surface area contributed by atoms with E-state index in [-0.39, 0.29) is 24.4 Å². The number of imidazole rings is 1. The summed E-state index contributed by atoms with van der Waals surface area (Å²) in [6.07, 6.45) is 11.9. The van der Waals surface area contributed by atoms with Crippen molar-refractivity contribution in [3.05, 3.63) is 30.4 Å². The van der Waals surface area contributed by atoms with Gasteiger partial charge in [-0.15, -0.1) is 0 Å². The number of carbonyl (C=O) groups is 2. The summed E-state index contributed by atoms with van der Waals surface area (Å²) in [6.45, 7) is 3.92. The zero-order chi connectivity index (χ0) is 20.1. The van der Waals surface area contributed by atoms with Crippen LogP contribution in [0, 0.1) is 11.3 Å². The van der Waals surface area contributed by atoms with Gasteiger partial charge in [0.1, 0.15) is 0 Å². The summed E-state index contributed by atoms with van der Waals surface area (Å²) >= 11 is 0. The number of rotatable bonds is 2. The molecule has 29 heavy (non-hydrogen) atoms. The highest BCUT2D eigenvalue weighted by molar-refractivity contribution is 5.88. The third-order valence-corrected chi connectivity index (χ3v) is 6.59. The molecule has 3 aliphatic rings. The molecule has 2 atom stereocenters. The van der Waals surface area contributed by atoms with Gasteiger partial charge in [0.2, 0.25) is 11.8 Å². The molecule has 0 saturated carbocycles. The molecular formula is C21H31N5O3. The Bertz CT molecular complexity index is 725. The standard InChI is InChI=1S/C21H31N5O3/c27-19-12-23-20(28)21(5-2-1-3-16-14-29-10-4-18(16)25-19)6-8-26(9-7-21)13-17-11-22-15-24-17/h1-2,11,15-16,18H,3-10,12-14H2,(H,22,24)(H,23,28)(H,25,27)/b2-1+/t16-,18-/m0/s1. The molecule has 8 heteroatoms. The Morgan fingerprint density at radius 1 is 1.24 bits per heavy atom. The zero-order valence-electron chi connectivity index (χ0n) is 16.9. The third kappa shape index (κ3) is 4.87. The van der Waals surface area contributed by atoms with Gasteiger partial charge in [-0.05, 0) is 45.2 Å². The number of fused-ring (bicyclic) bond motifs is 1. The van der Waals surface area contributed by atoms with Crippen molar-refractivity contribution in [3.63, 3.8) is 0 Å². The van der Waals surface area contributed by atoms with E-state index < -0.39 is 5.41 Å². The minimum absolute atomic E-state index is 0.00240. The second kappa shape index (κ2) is 9.09. The average molecular weight is 402 g/mol. The van der Waals surface area contributed by atoms with E-state index in [0.29, 0.717) is 19.1 Å². The molecule has 2 amide bonds. The molecule has 0 radical (unpaired) electrons. The average Bonchev–Trinajstić information content (AvgIpc) is 3.24. The topological polar surface area (TPSA) is 99.3 Å². The Hall–Kier alpha value is -2.19.